The van der Waals surface area contributed by atoms with E-state index in [2.05, 4.69) is 27.7 Å². The van der Waals surface area contributed by atoms with Crippen LogP contribution in [0.25, 0.3) is 0 Å². The van der Waals surface area contributed by atoms with Gasteiger partial charge in [0, 0.05) is 0 Å². The van der Waals surface area contributed by atoms with Crippen LogP contribution >= 0.6 is 0 Å². The molecule has 0 amide bonds. The van der Waals surface area contributed by atoms with E-state index in [1.807, 2.05) is 0 Å². The van der Waals surface area contributed by atoms with Crippen LogP contribution < -0.4 is 0 Å². The summed E-state index contributed by atoms with van der Waals surface area (Å²) < 4.78 is 0. The quantitative estimate of drug-likeness (QED) is 0.501. The van der Waals surface area contributed by atoms with E-state index in [1.54, 1.807) is 0 Å². The number of hydrogen-bond donors (Lipinski definition) is 0. The van der Waals surface area contributed by atoms with Gasteiger partial charge in [-0.3, -0.25) is 0 Å². The van der Waals surface area contributed by atoms with E-state index in [0.29, 0.717) is 0 Å². The Morgan fingerprint density at radius 3 is 2.07 bits per heavy atom. The molecule has 0 saturated heterocycles. The molecule has 14 heavy (non-hydrogen) atoms. The molecule has 84 valence electrons. The summed E-state index contributed by atoms with van der Waals surface area (Å²) >= 11 is 0. The maximum Gasteiger partial charge on any atom is -0.0246 e. The zero-order valence-electron chi connectivity index (χ0n) is 10.6. The first kappa shape index (κ1) is 12.1. The molecule has 1 aliphatic carbocycles. The minimum Gasteiger partial charge on any atom is -0.0654 e. The van der Waals surface area contributed by atoms with Gasteiger partial charge in [-0.15, -0.1) is 0 Å². The normalized spacial score (nSPS) is 23.1. The van der Waals surface area contributed by atoms with Crippen LogP contribution in [0.5, 0.6) is 0 Å². The Morgan fingerprint density at radius 1 is 1.00 bits per heavy atom. The first-order chi connectivity index (χ1) is 6.67. The third-order valence-electron chi connectivity index (χ3n) is 4.64. The van der Waals surface area contributed by atoms with Crippen molar-refractivity contribution in [2.24, 2.45) is 17.3 Å². The lowest BCUT2D eigenvalue weighted by Gasteiger charge is -2.29. The standard InChI is InChI=1S/C14H28/c1-5-7-8-9-13(4)14(10-11-14)12(3)6-2/h12-13H,5-11H2,1-4H3. The largest absolute Gasteiger partial charge is 0.0654 e. The third-order valence-corrected chi connectivity index (χ3v) is 4.64. The summed E-state index contributed by atoms with van der Waals surface area (Å²) in [6, 6.07) is 0. The molecular weight excluding hydrogens is 168 g/mol. The fourth-order valence-electron chi connectivity index (χ4n) is 3.01. The highest BCUT2D eigenvalue weighted by Crippen LogP contribution is 2.59. The van der Waals surface area contributed by atoms with Gasteiger partial charge in [-0.2, -0.15) is 0 Å². The van der Waals surface area contributed by atoms with Crippen molar-refractivity contribution in [1.29, 1.82) is 0 Å². The van der Waals surface area contributed by atoms with Crippen LogP contribution in [0.2, 0.25) is 0 Å². The monoisotopic (exact) mass is 196 g/mol. The first-order valence-electron chi connectivity index (χ1n) is 6.67. The van der Waals surface area contributed by atoms with E-state index in [4.69, 9.17) is 0 Å². The van der Waals surface area contributed by atoms with Gasteiger partial charge in [-0.05, 0) is 30.1 Å². The SMILES string of the molecule is CCCCCC(C)C1(C(C)CC)CC1. The third kappa shape index (κ3) is 2.52. The molecule has 0 spiro atoms. The van der Waals surface area contributed by atoms with Gasteiger partial charge in [0.1, 0.15) is 0 Å². The molecular formula is C14H28. The average molecular weight is 196 g/mol. The molecule has 0 radical (unpaired) electrons. The molecule has 2 atom stereocenters. The Balaban J connectivity index is 2.32. The Morgan fingerprint density at radius 2 is 1.64 bits per heavy atom. The minimum atomic E-state index is 0.766. The van der Waals surface area contributed by atoms with Gasteiger partial charge in [-0.1, -0.05) is 59.8 Å². The lowest BCUT2D eigenvalue weighted by molar-refractivity contribution is 0.206. The Labute approximate surface area is 90.5 Å². The topological polar surface area (TPSA) is 0 Å². The van der Waals surface area contributed by atoms with Gasteiger partial charge in [0.05, 0.1) is 0 Å². The zero-order valence-corrected chi connectivity index (χ0v) is 10.6. The van der Waals surface area contributed by atoms with E-state index < -0.39 is 0 Å². The molecule has 0 aromatic carbocycles. The molecule has 0 heterocycles. The van der Waals surface area contributed by atoms with Gasteiger partial charge in [0.15, 0.2) is 0 Å². The van der Waals surface area contributed by atoms with Crippen LogP contribution in [0.4, 0.5) is 0 Å². The van der Waals surface area contributed by atoms with Crippen molar-refractivity contribution in [3.05, 3.63) is 0 Å². The molecule has 0 aliphatic heterocycles. The summed E-state index contributed by atoms with van der Waals surface area (Å²) in [7, 11) is 0. The van der Waals surface area contributed by atoms with Crippen LogP contribution in [0.3, 0.4) is 0 Å². The van der Waals surface area contributed by atoms with Gasteiger partial charge in [0.2, 0.25) is 0 Å². The predicted octanol–water partition coefficient (Wildman–Crippen LogP) is 5.03. The van der Waals surface area contributed by atoms with Crippen molar-refractivity contribution in [2.75, 3.05) is 0 Å². The summed E-state index contributed by atoms with van der Waals surface area (Å²) in [5, 5.41) is 0. The van der Waals surface area contributed by atoms with Gasteiger partial charge < -0.3 is 0 Å². The van der Waals surface area contributed by atoms with Gasteiger partial charge in [0.25, 0.3) is 0 Å². The molecule has 1 rings (SSSR count). The number of unbranched alkanes of at least 4 members (excludes halogenated alkanes) is 2. The van der Waals surface area contributed by atoms with Crippen molar-refractivity contribution >= 4 is 0 Å². The molecule has 1 aliphatic rings. The molecule has 0 N–H and O–H groups in total. The van der Waals surface area contributed by atoms with Crippen molar-refractivity contribution < 1.29 is 0 Å². The molecule has 1 fully saturated rings. The first-order valence-corrected chi connectivity index (χ1v) is 6.67. The van der Waals surface area contributed by atoms with Crippen LogP contribution in [-0.4, -0.2) is 0 Å². The van der Waals surface area contributed by atoms with Crippen molar-refractivity contribution in [3.8, 4) is 0 Å². The summed E-state index contributed by atoms with van der Waals surface area (Å²) in [5.41, 5.74) is 0.766. The fourth-order valence-corrected chi connectivity index (χ4v) is 3.01. The van der Waals surface area contributed by atoms with Gasteiger partial charge in [-0.25, -0.2) is 0 Å². The van der Waals surface area contributed by atoms with Crippen LogP contribution in [-0.2, 0) is 0 Å². The van der Waals surface area contributed by atoms with Crippen molar-refractivity contribution in [2.45, 2.75) is 72.6 Å². The Kier molecular flexibility index (Phi) is 4.47. The van der Waals surface area contributed by atoms with E-state index in [-0.39, 0.29) is 0 Å². The van der Waals surface area contributed by atoms with E-state index in [0.717, 1.165) is 17.3 Å². The number of rotatable bonds is 7. The zero-order chi connectivity index (χ0) is 10.6. The van der Waals surface area contributed by atoms with E-state index in [9.17, 15) is 0 Å². The molecule has 0 nitrogen and oxygen atoms in total. The maximum absolute atomic E-state index is 2.49. The van der Waals surface area contributed by atoms with E-state index in [1.165, 1.54) is 44.9 Å². The van der Waals surface area contributed by atoms with Crippen LogP contribution in [0, 0.1) is 17.3 Å². The summed E-state index contributed by atoms with van der Waals surface area (Å²) in [4.78, 5) is 0. The molecule has 0 bridgehead atoms. The van der Waals surface area contributed by atoms with E-state index >= 15 is 0 Å². The summed E-state index contributed by atoms with van der Waals surface area (Å²) in [6.07, 6.45) is 10.1. The highest BCUT2D eigenvalue weighted by atomic mass is 14.5. The van der Waals surface area contributed by atoms with Crippen LogP contribution in [0.1, 0.15) is 72.6 Å². The fraction of sp³-hybridized carbons (Fsp3) is 1.00. The lowest BCUT2D eigenvalue weighted by Crippen LogP contribution is -2.21. The Bertz CT molecular complexity index is 155. The highest BCUT2D eigenvalue weighted by molar-refractivity contribution is 4.99. The molecule has 0 aromatic rings. The van der Waals surface area contributed by atoms with Crippen molar-refractivity contribution in [3.63, 3.8) is 0 Å². The molecule has 2 unspecified atom stereocenters. The van der Waals surface area contributed by atoms with Crippen molar-refractivity contribution in [1.82, 2.24) is 0 Å². The van der Waals surface area contributed by atoms with Gasteiger partial charge >= 0.3 is 0 Å². The second-order valence-corrected chi connectivity index (χ2v) is 5.44. The molecule has 0 heteroatoms. The second kappa shape index (κ2) is 5.19. The molecule has 0 aromatic heterocycles. The maximum atomic E-state index is 2.49. The highest BCUT2D eigenvalue weighted by Gasteiger charge is 2.49. The lowest BCUT2D eigenvalue weighted by atomic mass is 9.76. The predicted molar refractivity (Wildman–Crippen MR) is 64.4 cm³/mol. The Hall–Kier alpha value is 0. The number of hydrogen-bond acceptors (Lipinski definition) is 0. The van der Waals surface area contributed by atoms with Crippen LogP contribution in [0.15, 0.2) is 0 Å². The second-order valence-electron chi connectivity index (χ2n) is 5.44. The summed E-state index contributed by atoms with van der Waals surface area (Å²) in [6.45, 7) is 9.61. The minimum absolute atomic E-state index is 0.766. The smallest absolute Gasteiger partial charge is 0.0246 e. The average Bonchev–Trinajstić information content (AvgIpc) is 2.98. The molecule has 1 saturated carbocycles. The summed E-state index contributed by atoms with van der Waals surface area (Å²) in [5.74, 6) is 1.93.